The highest BCUT2D eigenvalue weighted by atomic mass is 16.4. The summed E-state index contributed by atoms with van der Waals surface area (Å²) in [6, 6.07) is 0. The SMILES string of the molecule is O=C(O)C12CC3CC(CC3C1)C2=O. The lowest BCUT2D eigenvalue weighted by atomic mass is 9.68. The van der Waals surface area contributed by atoms with E-state index in [9.17, 15) is 9.59 Å². The highest BCUT2D eigenvalue weighted by Gasteiger charge is 2.64. The molecule has 0 aliphatic heterocycles. The van der Waals surface area contributed by atoms with E-state index in [1.807, 2.05) is 0 Å². The molecule has 3 nitrogen and oxygen atoms in total. The quantitative estimate of drug-likeness (QED) is 0.614. The van der Waals surface area contributed by atoms with Crippen LogP contribution in [0, 0.1) is 23.2 Å². The standard InChI is InChI=1S/C10H12O3/c11-8-5-1-6-3-10(8,9(12)13)4-7(6)2-5/h5-7H,1-4H2,(H,12,13). The number of rotatable bonds is 1. The molecule has 0 amide bonds. The number of ketones is 1. The maximum absolute atomic E-state index is 11.8. The second-order valence-electron chi connectivity index (χ2n) is 4.85. The molecule has 2 unspecified atom stereocenters. The molecule has 4 bridgehead atoms. The number of carboxylic acid groups (broad SMARTS) is 1. The summed E-state index contributed by atoms with van der Waals surface area (Å²) in [6.07, 6.45) is 3.20. The topological polar surface area (TPSA) is 54.4 Å². The molecule has 13 heavy (non-hydrogen) atoms. The first-order chi connectivity index (χ1) is 6.13. The number of carbonyl (C=O) groups is 2. The highest BCUT2D eigenvalue weighted by Crippen LogP contribution is 2.62. The van der Waals surface area contributed by atoms with Crippen LogP contribution in [0.3, 0.4) is 0 Å². The Kier molecular flexibility index (Phi) is 1.14. The monoisotopic (exact) mass is 180 g/mol. The summed E-state index contributed by atoms with van der Waals surface area (Å²) in [5.41, 5.74) is -0.948. The van der Waals surface area contributed by atoms with Crippen molar-refractivity contribution in [3.63, 3.8) is 0 Å². The normalized spacial score (nSPS) is 51.7. The Morgan fingerprint density at radius 1 is 1.31 bits per heavy atom. The average molecular weight is 180 g/mol. The van der Waals surface area contributed by atoms with E-state index in [0.29, 0.717) is 24.7 Å². The van der Waals surface area contributed by atoms with E-state index >= 15 is 0 Å². The molecule has 4 fully saturated rings. The molecule has 4 saturated carbocycles. The number of hydrogen-bond donors (Lipinski definition) is 1. The lowest BCUT2D eigenvalue weighted by Crippen LogP contribution is -2.44. The molecule has 2 atom stereocenters. The average Bonchev–Trinajstić information content (AvgIpc) is 2.50. The molecule has 0 heterocycles. The van der Waals surface area contributed by atoms with Crippen LogP contribution >= 0.6 is 0 Å². The van der Waals surface area contributed by atoms with Gasteiger partial charge in [0.25, 0.3) is 0 Å². The Labute approximate surface area is 76.1 Å². The van der Waals surface area contributed by atoms with E-state index < -0.39 is 11.4 Å². The van der Waals surface area contributed by atoms with Gasteiger partial charge < -0.3 is 5.11 Å². The van der Waals surface area contributed by atoms with E-state index in [1.54, 1.807) is 0 Å². The van der Waals surface area contributed by atoms with Crippen LogP contribution in [-0.2, 0) is 9.59 Å². The molecule has 4 aliphatic rings. The number of aliphatic carboxylic acids is 1. The summed E-state index contributed by atoms with van der Waals surface area (Å²) >= 11 is 0. The second-order valence-corrected chi connectivity index (χ2v) is 4.85. The van der Waals surface area contributed by atoms with Gasteiger partial charge in [-0.05, 0) is 37.5 Å². The fourth-order valence-electron chi connectivity index (χ4n) is 3.78. The van der Waals surface area contributed by atoms with Gasteiger partial charge in [0.05, 0.1) is 0 Å². The Bertz CT molecular complexity index is 293. The number of carboxylic acids is 1. The van der Waals surface area contributed by atoms with Gasteiger partial charge in [0, 0.05) is 5.92 Å². The Balaban J connectivity index is 2.08. The van der Waals surface area contributed by atoms with Crippen LogP contribution in [0.4, 0.5) is 0 Å². The molecular weight excluding hydrogens is 168 g/mol. The molecule has 0 aromatic rings. The third-order valence-corrected chi connectivity index (χ3v) is 4.31. The fraction of sp³-hybridized carbons (Fsp3) is 0.800. The number of carbonyl (C=O) groups excluding carboxylic acids is 1. The van der Waals surface area contributed by atoms with Gasteiger partial charge >= 0.3 is 5.97 Å². The van der Waals surface area contributed by atoms with E-state index in [-0.39, 0.29) is 11.7 Å². The van der Waals surface area contributed by atoms with Crippen molar-refractivity contribution < 1.29 is 14.7 Å². The first-order valence-corrected chi connectivity index (χ1v) is 4.91. The maximum atomic E-state index is 11.8. The molecular formula is C10H12O3. The molecule has 0 saturated heterocycles. The van der Waals surface area contributed by atoms with Gasteiger partial charge in [0.15, 0.2) is 5.78 Å². The van der Waals surface area contributed by atoms with Crippen LogP contribution in [0.25, 0.3) is 0 Å². The first kappa shape index (κ1) is 7.54. The van der Waals surface area contributed by atoms with Crippen molar-refractivity contribution in [1.29, 1.82) is 0 Å². The van der Waals surface area contributed by atoms with Crippen molar-refractivity contribution in [2.45, 2.75) is 25.7 Å². The number of Topliss-reactive ketones (excluding diaryl/α,β-unsaturated/α-hetero) is 1. The highest BCUT2D eigenvalue weighted by molar-refractivity contribution is 6.06. The van der Waals surface area contributed by atoms with Crippen molar-refractivity contribution in [3.8, 4) is 0 Å². The van der Waals surface area contributed by atoms with Gasteiger partial charge in [0.1, 0.15) is 5.41 Å². The summed E-state index contributed by atoms with van der Waals surface area (Å²) < 4.78 is 0. The predicted molar refractivity (Wildman–Crippen MR) is 44.0 cm³/mol. The smallest absolute Gasteiger partial charge is 0.317 e. The van der Waals surface area contributed by atoms with Gasteiger partial charge in [0.2, 0.25) is 0 Å². The summed E-state index contributed by atoms with van der Waals surface area (Å²) in [6.45, 7) is 0. The number of hydrogen-bond acceptors (Lipinski definition) is 2. The van der Waals surface area contributed by atoms with E-state index in [2.05, 4.69) is 0 Å². The summed E-state index contributed by atoms with van der Waals surface area (Å²) in [5.74, 6) is 0.339. The summed E-state index contributed by atoms with van der Waals surface area (Å²) in [4.78, 5) is 22.9. The van der Waals surface area contributed by atoms with Crippen molar-refractivity contribution in [2.24, 2.45) is 23.2 Å². The van der Waals surface area contributed by atoms with E-state index in [4.69, 9.17) is 5.11 Å². The molecule has 3 heteroatoms. The van der Waals surface area contributed by atoms with Gasteiger partial charge in [-0.2, -0.15) is 0 Å². The van der Waals surface area contributed by atoms with Gasteiger partial charge in [-0.3, -0.25) is 9.59 Å². The lowest BCUT2D eigenvalue weighted by molar-refractivity contribution is -0.159. The molecule has 70 valence electrons. The zero-order valence-electron chi connectivity index (χ0n) is 7.32. The summed E-state index contributed by atoms with van der Waals surface area (Å²) in [5, 5.41) is 9.10. The molecule has 0 radical (unpaired) electrons. The van der Waals surface area contributed by atoms with Crippen molar-refractivity contribution in [2.75, 3.05) is 0 Å². The van der Waals surface area contributed by atoms with Crippen molar-refractivity contribution in [1.82, 2.24) is 0 Å². The Hall–Kier alpha value is -0.860. The van der Waals surface area contributed by atoms with Gasteiger partial charge in [-0.25, -0.2) is 0 Å². The third kappa shape index (κ3) is 0.675. The molecule has 1 N–H and O–H groups in total. The predicted octanol–water partition coefficient (Wildman–Crippen LogP) is 1.08. The Morgan fingerprint density at radius 3 is 2.31 bits per heavy atom. The molecule has 0 aromatic carbocycles. The molecule has 4 rings (SSSR count). The minimum atomic E-state index is -0.948. The van der Waals surface area contributed by atoms with Crippen LogP contribution in [0.5, 0.6) is 0 Å². The minimum absolute atomic E-state index is 0.0324. The minimum Gasteiger partial charge on any atom is -0.480 e. The van der Waals surface area contributed by atoms with Crippen LogP contribution in [0.2, 0.25) is 0 Å². The van der Waals surface area contributed by atoms with E-state index in [0.717, 1.165) is 12.8 Å². The molecule has 4 aliphatic carbocycles. The third-order valence-electron chi connectivity index (χ3n) is 4.31. The first-order valence-electron chi connectivity index (χ1n) is 4.91. The zero-order valence-corrected chi connectivity index (χ0v) is 7.32. The lowest BCUT2D eigenvalue weighted by Gasteiger charge is -2.32. The van der Waals surface area contributed by atoms with Crippen LogP contribution in [0.15, 0.2) is 0 Å². The van der Waals surface area contributed by atoms with Crippen LogP contribution in [-0.4, -0.2) is 16.9 Å². The second kappa shape index (κ2) is 1.97. The largest absolute Gasteiger partial charge is 0.480 e. The molecule has 0 aromatic heterocycles. The van der Waals surface area contributed by atoms with Crippen LogP contribution < -0.4 is 0 Å². The van der Waals surface area contributed by atoms with E-state index in [1.165, 1.54) is 0 Å². The van der Waals surface area contributed by atoms with Gasteiger partial charge in [-0.15, -0.1) is 0 Å². The summed E-state index contributed by atoms with van der Waals surface area (Å²) in [7, 11) is 0. The zero-order chi connectivity index (χ0) is 9.22. The van der Waals surface area contributed by atoms with Crippen molar-refractivity contribution in [3.05, 3.63) is 0 Å². The van der Waals surface area contributed by atoms with Crippen molar-refractivity contribution >= 4 is 11.8 Å². The van der Waals surface area contributed by atoms with Gasteiger partial charge in [-0.1, -0.05) is 0 Å². The fourth-order valence-corrected chi connectivity index (χ4v) is 3.78. The molecule has 0 spiro atoms. The van der Waals surface area contributed by atoms with Crippen LogP contribution in [0.1, 0.15) is 25.7 Å². The maximum Gasteiger partial charge on any atom is 0.317 e. The Morgan fingerprint density at radius 2 is 1.85 bits per heavy atom.